The van der Waals surface area contributed by atoms with Crippen LogP contribution in [0.2, 0.25) is 0 Å². The van der Waals surface area contributed by atoms with Gasteiger partial charge in [0.2, 0.25) is 5.82 Å². The van der Waals surface area contributed by atoms with E-state index in [9.17, 15) is 18.0 Å². The third kappa shape index (κ3) is 4.36. The number of rotatable bonds is 6. The van der Waals surface area contributed by atoms with Gasteiger partial charge in [-0.2, -0.15) is 13.2 Å². The second kappa shape index (κ2) is 7.51. The summed E-state index contributed by atoms with van der Waals surface area (Å²) in [7, 11) is 0. The van der Waals surface area contributed by atoms with Gasteiger partial charge in [0.15, 0.2) is 0 Å². The summed E-state index contributed by atoms with van der Waals surface area (Å²) in [6, 6.07) is 5.27. The first kappa shape index (κ1) is 19.1. The van der Waals surface area contributed by atoms with Crippen LogP contribution in [0.5, 0.6) is 5.75 Å². The molecule has 0 atom stereocenters. The SMILES string of the molecule is CCc1nc(C(F)(F)F)ncc1COc1ccc2c(CC(=O)O)csc2c1. The van der Waals surface area contributed by atoms with Crippen LogP contribution >= 0.6 is 11.3 Å². The van der Waals surface area contributed by atoms with Crippen molar-refractivity contribution < 1.29 is 27.8 Å². The summed E-state index contributed by atoms with van der Waals surface area (Å²) in [4.78, 5) is 17.8. The molecule has 27 heavy (non-hydrogen) atoms. The van der Waals surface area contributed by atoms with Crippen molar-refractivity contribution in [3.63, 3.8) is 0 Å². The van der Waals surface area contributed by atoms with Crippen molar-refractivity contribution in [2.45, 2.75) is 32.5 Å². The van der Waals surface area contributed by atoms with Gasteiger partial charge in [0.25, 0.3) is 0 Å². The van der Waals surface area contributed by atoms with Crippen LogP contribution in [0.25, 0.3) is 10.1 Å². The van der Waals surface area contributed by atoms with Crippen molar-refractivity contribution in [1.29, 1.82) is 0 Å². The number of thiophene rings is 1. The first-order valence-corrected chi connectivity index (χ1v) is 8.92. The van der Waals surface area contributed by atoms with Crippen molar-refractivity contribution in [2.24, 2.45) is 0 Å². The second-order valence-electron chi connectivity index (χ2n) is 5.79. The van der Waals surface area contributed by atoms with E-state index in [0.29, 0.717) is 23.4 Å². The number of ether oxygens (including phenoxy) is 1. The molecule has 1 N–H and O–H groups in total. The van der Waals surface area contributed by atoms with E-state index in [-0.39, 0.29) is 13.0 Å². The summed E-state index contributed by atoms with van der Waals surface area (Å²) >= 11 is 1.41. The molecular formula is C18H15F3N2O3S. The first-order chi connectivity index (χ1) is 12.8. The highest BCUT2D eigenvalue weighted by Crippen LogP contribution is 2.31. The van der Waals surface area contributed by atoms with Crippen LogP contribution in [0, 0.1) is 0 Å². The molecule has 5 nitrogen and oxygen atoms in total. The van der Waals surface area contributed by atoms with Gasteiger partial charge in [-0.25, -0.2) is 9.97 Å². The Kier molecular flexibility index (Phi) is 5.31. The van der Waals surface area contributed by atoms with Crippen LogP contribution in [0.1, 0.15) is 29.6 Å². The van der Waals surface area contributed by atoms with Crippen LogP contribution < -0.4 is 4.74 Å². The molecule has 0 unspecified atom stereocenters. The van der Waals surface area contributed by atoms with Crippen molar-refractivity contribution in [2.75, 3.05) is 0 Å². The number of hydrogen-bond acceptors (Lipinski definition) is 5. The molecular weight excluding hydrogens is 381 g/mol. The van der Waals surface area contributed by atoms with Crippen LogP contribution in [-0.4, -0.2) is 21.0 Å². The molecule has 9 heteroatoms. The van der Waals surface area contributed by atoms with E-state index >= 15 is 0 Å². The Labute approximate surface area is 156 Å². The van der Waals surface area contributed by atoms with E-state index in [2.05, 4.69) is 9.97 Å². The summed E-state index contributed by atoms with van der Waals surface area (Å²) in [5, 5.41) is 11.6. The molecule has 3 aromatic rings. The molecule has 0 aliphatic rings. The number of carbonyl (C=O) groups is 1. The van der Waals surface area contributed by atoms with Gasteiger partial charge in [-0.05, 0) is 40.9 Å². The van der Waals surface area contributed by atoms with Crippen LogP contribution in [0.15, 0.2) is 29.8 Å². The van der Waals surface area contributed by atoms with E-state index in [1.165, 1.54) is 11.3 Å². The van der Waals surface area contributed by atoms with Gasteiger partial charge in [0.05, 0.1) is 12.1 Å². The number of hydrogen-bond donors (Lipinski definition) is 1. The van der Waals surface area contributed by atoms with E-state index in [1.807, 2.05) is 0 Å². The van der Waals surface area contributed by atoms with E-state index in [1.54, 1.807) is 30.5 Å². The van der Waals surface area contributed by atoms with Gasteiger partial charge in [-0.3, -0.25) is 4.79 Å². The number of aromatic nitrogens is 2. The van der Waals surface area contributed by atoms with Crippen LogP contribution in [-0.2, 0) is 30.4 Å². The Morgan fingerprint density at radius 1 is 1.30 bits per heavy atom. The lowest BCUT2D eigenvalue weighted by atomic mass is 10.1. The average Bonchev–Trinajstić information content (AvgIpc) is 3.00. The standard InChI is InChI=1S/C18H15F3N2O3S/c1-2-14-11(7-22-17(23-14)18(19,20)21)8-26-12-3-4-13-10(5-16(24)25)9-27-15(13)6-12/h3-4,6-7,9H,2,5,8H2,1H3,(H,24,25). The molecule has 0 bridgehead atoms. The minimum Gasteiger partial charge on any atom is -0.489 e. The largest absolute Gasteiger partial charge is 0.489 e. The Morgan fingerprint density at radius 3 is 2.74 bits per heavy atom. The smallest absolute Gasteiger partial charge is 0.451 e. The molecule has 3 rings (SSSR count). The zero-order chi connectivity index (χ0) is 19.6. The predicted octanol–water partition coefficient (Wildman–Crippen LogP) is 4.48. The molecule has 0 radical (unpaired) electrons. The van der Waals surface area contributed by atoms with Gasteiger partial charge in [0.1, 0.15) is 12.4 Å². The maximum Gasteiger partial charge on any atom is 0.451 e. The summed E-state index contributed by atoms with van der Waals surface area (Å²) < 4.78 is 44.7. The second-order valence-corrected chi connectivity index (χ2v) is 6.71. The minimum atomic E-state index is -4.58. The predicted molar refractivity (Wildman–Crippen MR) is 93.9 cm³/mol. The zero-order valence-corrected chi connectivity index (χ0v) is 15.0. The number of nitrogens with zero attached hydrogens (tertiary/aromatic N) is 2. The zero-order valence-electron chi connectivity index (χ0n) is 14.2. The van der Waals surface area contributed by atoms with Gasteiger partial charge in [-0.15, -0.1) is 11.3 Å². The number of fused-ring (bicyclic) bond motifs is 1. The Morgan fingerprint density at radius 2 is 2.07 bits per heavy atom. The summed E-state index contributed by atoms with van der Waals surface area (Å²) in [6.45, 7) is 1.76. The van der Waals surface area contributed by atoms with Crippen molar-refractivity contribution >= 4 is 27.4 Å². The Balaban J connectivity index is 1.77. The lowest BCUT2D eigenvalue weighted by molar-refractivity contribution is -0.145. The lowest BCUT2D eigenvalue weighted by Gasteiger charge is -2.12. The highest BCUT2D eigenvalue weighted by molar-refractivity contribution is 7.17. The maximum absolute atomic E-state index is 12.7. The van der Waals surface area contributed by atoms with Crippen LogP contribution in [0.3, 0.4) is 0 Å². The molecule has 0 saturated heterocycles. The third-order valence-corrected chi connectivity index (χ3v) is 4.90. The maximum atomic E-state index is 12.7. The molecule has 0 fully saturated rings. The molecule has 1 aromatic carbocycles. The summed E-state index contributed by atoms with van der Waals surface area (Å²) in [6.07, 6.45) is -3.17. The minimum absolute atomic E-state index is 0.0418. The van der Waals surface area contributed by atoms with E-state index in [0.717, 1.165) is 21.8 Å². The topological polar surface area (TPSA) is 72.3 Å². The number of carboxylic acids is 1. The van der Waals surface area contributed by atoms with Crippen molar-refractivity contribution in [3.8, 4) is 5.75 Å². The van der Waals surface area contributed by atoms with Crippen molar-refractivity contribution in [1.82, 2.24) is 9.97 Å². The quantitative estimate of drug-likeness (QED) is 0.665. The normalized spacial score (nSPS) is 11.7. The Bertz CT molecular complexity index is 986. The fraction of sp³-hybridized carbons (Fsp3) is 0.278. The summed E-state index contributed by atoms with van der Waals surface area (Å²) in [5.41, 5.74) is 1.51. The average molecular weight is 396 g/mol. The molecule has 142 valence electrons. The summed E-state index contributed by atoms with van der Waals surface area (Å²) in [5.74, 6) is -1.52. The first-order valence-electron chi connectivity index (χ1n) is 8.04. The highest BCUT2D eigenvalue weighted by Gasteiger charge is 2.35. The molecule has 0 aliphatic carbocycles. The fourth-order valence-electron chi connectivity index (χ4n) is 2.62. The molecule has 0 amide bonds. The van der Waals surface area contributed by atoms with Crippen LogP contribution in [0.4, 0.5) is 13.2 Å². The highest BCUT2D eigenvalue weighted by atomic mass is 32.1. The number of alkyl halides is 3. The Hall–Kier alpha value is -2.68. The van der Waals surface area contributed by atoms with E-state index < -0.39 is 18.0 Å². The van der Waals surface area contributed by atoms with Gasteiger partial charge < -0.3 is 9.84 Å². The fourth-order valence-corrected chi connectivity index (χ4v) is 3.61. The number of carboxylic acid groups (broad SMARTS) is 1. The molecule has 2 heterocycles. The molecule has 0 aliphatic heterocycles. The van der Waals surface area contributed by atoms with E-state index in [4.69, 9.17) is 9.84 Å². The number of aryl methyl sites for hydroxylation is 1. The molecule has 0 saturated carbocycles. The number of halogens is 3. The van der Waals surface area contributed by atoms with Gasteiger partial charge in [0, 0.05) is 16.5 Å². The third-order valence-electron chi connectivity index (χ3n) is 3.91. The number of aliphatic carboxylic acids is 1. The molecule has 2 aromatic heterocycles. The number of benzene rings is 1. The molecule has 0 spiro atoms. The van der Waals surface area contributed by atoms with Gasteiger partial charge >= 0.3 is 12.1 Å². The van der Waals surface area contributed by atoms with Crippen molar-refractivity contribution in [3.05, 3.63) is 52.4 Å². The lowest BCUT2D eigenvalue weighted by Crippen LogP contribution is -2.14. The van der Waals surface area contributed by atoms with Gasteiger partial charge in [-0.1, -0.05) is 6.92 Å². The monoisotopic (exact) mass is 396 g/mol.